The standard InChI is InChI=1S/C10H14N4OS/c11-8(14-15)5-10(2-3-10)6-16-9-1-4-12-7-13-9/h1,4,7,15H,2-3,5-6H2,(H2,11,14). The lowest BCUT2D eigenvalue weighted by molar-refractivity contribution is 0.315. The first kappa shape index (κ1) is 11.2. The highest BCUT2D eigenvalue weighted by Gasteiger charge is 2.43. The Morgan fingerprint density at radius 3 is 3.00 bits per heavy atom. The number of oxime groups is 1. The SMILES string of the molecule is NC(CC1(CSc2ccncn2)CC1)=NO. The second kappa shape index (κ2) is 4.69. The molecule has 0 radical (unpaired) electrons. The lowest BCUT2D eigenvalue weighted by atomic mass is 10.1. The van der Waals surface area contributed by atoms with Crippen molar-refractivity contribution in [3.8, 4) is 0 Å². The van der Waals surface area contributed by atoms with E-state index < -0.39 is 0 Å². The maximum Gasteiger partial charge on any atom is 0.139 e. The molecular formula is C10H14N4OS. The third-order valence-corrected chi connectivity index (χ3v) is 4.02. The minimum Gasteiger partial charge on any atom is -0.409 e. The zero-order valence-electron chi connectivity index (χ0n) is 8.83. The highest BCUT2D eigenvalue weighted by atomic mass is 32.2. The number of nitrogens with zero attached hydrogens (tertiary/aromatic N) is 3. The minimum absolute atomic E-state index is 0.214. The second-order valence-electron chi connectivity index (χ2n) is 4.10. The Balaban J connectivity index is 1.86. The van der Waals surface area contributed by atoms with Crippen molar-refractivity contribution >= 4 is 17.6 Å². The highest BCUT2D eigenvalue weighted by molar-refractivity contribution is 7.99. The molecule has 1 aromatic rings. The highest BCUT2D eigenvalue weighted by Crippen LogP contribution is 2.51. The van der Waals surface area contributed by atoms with E-state index in [9.17, 15) is 0 Å². The van der Waals surface area contributed by atoms with Gasteiger partial charge >= 0.3 is 0 Å². The fourth-order valence-electron chi connectivity index (χ4n) is 1.56. The van der Waals surface area contributed by atoms with Gasteiger partial charge in [-0.1, -0.05) is 5.16 Å². The summed E-state index contributed by atoms with van der Waals surface area (Å²) in [5, 5.41) is 12.5. The smallest absolute Gasteiger partial charge is 0.139 e. The van der Waals surface area contributed by atoms with Crippen LogP contribution in [0.1, 0.15) is 19.3 Å². The molecule has 0 spiro atoms. The van der Waals surface area contributed by atoms with E-state index >= 15 is 0 Å². The van der Waals surface area contributed by atoms with E-state index in [1.165, 1.54) is 0 Å². The maximum atomic E-state index is 8.55. The molecule has 0 atom stereocenters. The van der Waals surface area contributed by atoms with Gasteiger partial charge in [-0.05, 0) is 24.3 Å². The average Bonchev–Trinajstić information content (AvgIpc) is 3.08. The molecule has 6 heteroatoms. The Hall–Kier alpha value is -1.30. The van der Waals surface area contributed by atoms with Crippen molar-refractivity contribution < 1.29 is 5.21 Å². The van der Waals surface area contributed by atoms with E-state index in [-0.39, 0.29) is 5.41 Å². The van der Waals surface area contributed by atoms with E-state index in [1.54, 1.807) is 24.3 Å². The van der Waals surface area contributed by atoms with Gasteiger partial charge in [0.05, 0.1) is 5.03 Å². The second-order valence-corrected chi connectivity index (χ2v) is 5.10. The molecule has 2 rings (SSSR count). The van der Waals surface area contributed by atoms with Gasteiger partial charge in [-0.15, -0.1) is 11.8 Å². The lowest BCUT2D eigenvalue weighted by Gasteiger charge is -2.12. The van der Waals surface area contributed by atoms with Crippen LogP contribution in [-0.2, 0) is 0 Å². The van der Waals surface area contributed by atoms with E-state index in [4.69, 9.17) is 10.9 Å². The van der Waals surface area contributed by atoms with Gasteiger partial charge < -0.3 is 10.9 Å². The van der Waals surface area contributed by atoms with Crippen molar-refractivity contribution in [1.82, 2.24) is 9.97 Å². The zero-order valence-corrected chi connectivity index (χ0v) is 9.65. The van der Waals surface area contributed by atoms with Gasteiger partial charge in [-0.25, -0.2) is 9.97 Å². The monoisotopic (exact) mass is 238 g/mol. The van der Waals surface area contributed by atoms with Crippen molar-refractivity contribution in [2.75, 3.05) is 5.75 Å². The first-order valence-corrected chi connectivity index (χ1v) is 6.08. The lowest BCUT2D eigenvalue weighted by Crippen LogP contribution is -2.19. The first-order chi connectivity index (χ1) is 7.74. The third kappa shape index (κ3) is 2.85. The predicted molar refractivity (Wildman–Crippen MR) is 62.4 cm³/mol. The molecule has 1 aromatic heterocycles. The molecule has 0 aliphatic heterocycles. The van der Waals surface area contributed by atoms with Gasteiger partial charge in [0.15, 0.2) is 0 Å². The molecule has 1 saturated carbocycles. The molecule has 5 nitrogen and oxygen atoms in total. The number of aromatic nitrogens is 2. The van der Waals surface area contributed by atoms with Gasteiger partial charge in [-0.3, -0.25) is 0 Å². The number of hydrogen-bond acceptors (Lipinski definition) is 5. The molecule has 86 valence electrons. The van der Waals surface area contributed by atoms with Crippen molar-refractivity contribution in [3.63, 3.8) is 0 Å². The summed E-state index contributed by atoms with van der Waals surface area (Å²) in [6, 6.07) is 1.89. The number of hydrogen-bond donors (Lipinski definition) is 2. The van der Waals surface area contributed by atoms with Crippen molar-refractivity contribution in [3.05, 3.63) is 18.6 Å². The van der Waals surface area contributed by atoms with Gasteiger partial charge in [0, 0.05) is 18.4 Å². The summed E-state index contributed by atoms with van der Waals surface area (Å²) in [5.41, 5.74) is 5.75. The summed E-state index contributed by atoms with van der Waals surface area (Å²) < 4.78 is 0. The molecule has 0 unspecified atom stereocenters. The van der Waals surface area contributed by atoms with Crippen LogP contribution in [0.5, 0.6) is 0 Å². The summed E-state index contributed by atoms with van der Waals surface area (Å²) in [7, 11) is 0. The molecule has 1 aliphatic carbocycles. The molecule has 1 fully saturated rings. The maximum absolute atomic E-state index is 8.55. The predicted octanol–water partition coefficient (Wildman–Crippen LogP) is 1.49. The molecule has 16 heavy (non-hydrogen) atoms. The topological polar surface area (TPSA) is 84.4 Å². The van der Waals surface area contributed by atoms with Crippen LogP contribution in [0.3, 0.4) is 0 Å². The summed E-state index contributed by atoms with van der Waals surface area (Å²) >= 11 is 1.70. The summed E-state index contributed by atoms with van der Waals surface area (Å²) in [5.74, 6) is 1.28. The van der Waals surface area contributed by atoms with Crippen molar-refractivity contribution in [2.24, 2.45) is 16.3 Å². The van der Waals surface area contributed by atoms with Crippen LogP contribution in [0.4, 0.5) is 0 Å². The minimum atomic E-state index is 0.214. The van der Waals surface area contributed by atoms with E-state index in [2.05, 4.69) is 15.1 Å². The van der Waals surface area contributed by atoms with E-state index in [1.807, 2.05) is 6.07 Å². The van der Waals surface area contributed by atoms with Crippen LogP contribution >= 0.6 is 11.8 Å². The molecule has 1 aliphatic rings. The van der Waals surface area contributed by atoms with Crippen molar-refractivity contribution in [1.29, 1.82) is 0 Å². The van der Waals surface area contributed by atoms with Crippen LogP contribution in [0, 0.1) is 5.41 Å². The van der Waals surface area contributed by atoms with Crippen LogP contribution in [0.2, 0.25) is 0 Å². The molecule has 0 aromatic carbocycles. The van der Waals surface area contributed by atoms with Crippen molar-refractivity contribution in [2.45, 2.75) is 24.3 Å². The Morgan fingerprint density at radius 2 is 2.44 bits per heavy atom. The van der Waals surface area contributed by atoms with Crippen LogP contribution in [-0.4, -0.2) is 26.8 Å². The third-order valence-electron chi connectivity index (χ3n) is 2.72. The molecular weight excluding hydrogens is 224 g/mol. The summed E-state index contributed by atoms with van der Waals surface area (Å²) in [6.45, 7) is 0. The summed E-state index contributed by atoms with van der Waals surface area (Å²) in [4.78, 5) is 8.02. The van der Waals surface area contributed by atoms with Gasteiger partial charge in [0.25, 0.3) is 0 Å². The Labute approximate surface area is 98.2 Å². The number of nitrogens with two attached hydrogens (primary N) is 1. The molecule has 1 heterocycles. The Kier molecular flexibility index (Phi) is 3.28. The largest absolute Gasteiger partial charge is 0.409 e. The van der Waals surface area contributed by atoms with Crippen LogP contribution in [0.15, 0.2) is 28.8 Å². The van der Waals surface area contributed by atoms with E-state index in [0.717, 1.165) is 23.6 Å². The fraction of sp³-hybridized carbons (Fsp3) is 0.500. The quantitative estimate of drug-likeness (QED) is 0.203. The number of rotatable bonds is 5. The molecule has 3 N–H and O–H groups in total. The van der Waals surface area contributed by atoms with E-state index in [0.29, 0.717) is 12.3 Å². The Morgan fingerprint density at radius 1 is 1.62 bits per heavy atom. The molecule has 0 saturated heterocycles. The van der Waals surface area contributed by atoms with Crippen LogP contribution in [0.25, 0.3) is 0 Å². The summed E-state index contributed by atoms with van der Waals surface area (Å²) in [6.07, 6.45) is 6.23. The van der Waals surface area contributed by atoms with Gasteiger partial charge in [0.1, 0.15) is 12.2 Å². The van der Waals surface area contributed by atoms with Crippen LogP contribution < -0.4 is 5.73 Å². The zero-order chi connectivity index (χ0) is 11.4. The number of amidine groups is 1. The van der Waals surface area contributed by atoms with Gasteiger partial charge in [-0.2, -0.15) is 0 Å². The fourth-order valence-corrected chi connectivity index (χ4v) is 2.68. The first-order valence-electron chi connectivity index (χ1n) is 5.09. The molecule has 0 amide bonds. The average molecular weight is 238 g/mol. The Bertz CT molecular complexity index is 378. The number of thioether (sulfide) groups is 1. The molecule has 0 bridgehead atoms. The normalized spacial score (nSPS) is 18.4. The van der Waals surface area contributed by atoms with Gasteiger partial charge in [0.2, 0.25) is 0 Å².